The quantitative estimate of drug-likeness (QED) is 0.517. The van der Waals surface area contributed by atoms with Crippen molar-refractivity contribution >= 4 is 16.8 Å². The number of halogens is 3. The Kier molecular flexibility index (Phi) is 6.46. The Labute approximate surface area is 200 Å². The van der Waals surface area contributed by atoms with Crippen molar-refractivity contribution in [2.24, 2.45) is 11.7 Å². The minimum absolute atomic E-state index is 0.0000405. The second-order valence-electron chi connectivity index (χ2n) is 8.63. The first-order valence-corrected chi connectivity index (χ1v) is 11.0. The number of pyridine rings is 1. The third-order valence-electron chi connectivity index (χ3n) is 6.18. The summed E-state index contributed by atoms with van der Waals surface area (Å²) in [7, 11) is 5.21. The van der Waals surface area contributed by atoms with E-state index in [1.807, 2.05) is 19.0 Å². The molecule has 1 aromatic carbocycles. The van der Waals surface area contributed by atoms with Crippen LogP contribution in [-0.2, 0) is 12.7 Å². The van der Waals surface area contributed by atoms with E-state index < -0.39 is 17.8 Å². The number of ether oxygens (including phenoxy) is 1. The molecule has 1 aliphatic rings. The average Bonchev–Trinajstić information content (AvgIpc) is 3.23. The van der Waals surface area contributed by atoms with Crippen LogP contribution >= 0.6 is 0 Å². The largest absolute Gasteiger partial charge is 0.494 e. The van der Waals surface area contributed by atoms with Gasteiger partial charge in [0.15, 0.2) is 11.5 Å². The van der Waals surface area contributed by atoms with Gasteiger partial charge in [0.2, 0.25) is 5.89 Å². The fraction of sp³-hybridized carbons (Fsp3) is 0.375. The van der Waals surface area contributed by atoms with Gasteiger partial charge in [0, 0.05) is 42.7 Å². The smallest absolute Gasteiger partial charge is 0.433 e. The molecule has 2 aromatic heterocycles. The van der Waals surface area contributed by atoms with E-state index >= 15 is 0 Å². The van der Waals surface area contributed by atoms with Crippen molar-refractivity contribution in [3.05, 3.63) is 53.7 Å². The second kappa shape index (κ2) is 9.21. The standard InChI is InChI=1S/C24H26F3N5O3/c1-12(32(2)3)13-9-14(10-13)29-22(33)21-18(11-28)35-23(31-21)16-5-7-17(34-4)20-15(16)6-8-19(30-20)24(25,26)27/h5-8,13-14H,1,9-11,28H2,2-4H3,(H,29,33). The summed E-state index contributed by atoms with van der Waals surface area (Å²) in [6.45, 7) is 3.98. The molecule has 186 valence electrons. The Morgan fingerprint density at radius 2 is 1.97 bits per heavy atom. The molecule has 0 atom stereocenters. The monoisotopic (exact) mass is 489 g/mol. The SMILES string of the molecule is C=C(C1CC(NC(=O)c2nc(-c3ccc(OC)c4nc(C(F)(F)F)ccc34)oc2CN)C1)N(C)C. The predicted octanol–water partition coefficient (Wildman–Crippen LogP) is 3.96. The summed E-state index contributed by atoms with van der Waals surface area (Å²) in [5, 5.41) is 3.27. The lowest BCUT2D eigenvalue weighted by Gasteiger charge is -2.39. The van der Waals surface area contributed by atoms with Crippen LogP contribution < -0.4 is 15.8 Å². The summed E-state index contributed by atoms with van der Waals surface area (Å²) < 4.78 is 50.6. The number of nitrogens with two attached hydrogens (primary N) is 1. The average molecular weight is 489 g/mol. The molecule has 2 heterocycles. The normalized spacial score (nSPS) is 17.7. The number of rotatable bonds is 7. The summed E-state index contributed by atoms with van der Waals surface area (Å²) in [5.74, 6) is 0.274. The highest BCUT2D eigenvalue weighted by atomic mass is 19.4. The van der Waals surface area contributed by atoms with E-state index in [4.69, 9.17) is 14.9 Å². The van der Waals surface area contributed by atoms with E-state index in [1.165, 1.54) is 19.2 Å². The molecule has 35 heavy (non-hydrogen) atoms. The van der Waals surface area contributed by atoms with Crippen LogP contribution in [0.25, 0.3) is 22.4 Å². The zero-order chi connectivity index (χ0) is 25.5. The van der Waals surface area contributed by atoms with Gasteiger partial charge < -0.3 is 25.1 Å². The van der Waals surface area contributed by atoms with E-state index in [2.05, 4.69) is 21.9 Å². The maximum Gasteiger partial charge on any atom is 0.433 e. The number of alkyl halides is 3. The van der Waals surface area contributed by atoms with Gasteiger partial charge in [-0.2, -0.15) is 13.2 Å². The van der Waals surface area contributed by atoms with Crippen LogP contribution in [0.15, 0.2) is 41.0 Å². The summed E-state index contributed by atoms with van der Waals surface area (Å²) in [6, 6.07) is 5.19. The lowest BCUT2D eigenvalue weighted by Crippen LogP contribution is -2.46. The van der Waals surface area contributed by atoms with Crippen LogP contribution in [0.2, 0.25) is 0 Å². The van der Waals surface area contributed by atoms with E-state index in [0.717, 1.165) is 24.6 Å². The minimum Gasteiger partial charge on any atom is -0.494 e. The summed E-state index contributed by atoms with van der Waals surface area (Å²) >= 11 is 0. The number of nitrogens with zero attached hydrogens (tertiary/aromatic N) is 3. The van der Waals surface area contributed by atoms with Gasteiger partial charge in [0.25, 0.3) is 5.91 Å². The molecule has 4 rings (SSSR count). The molecular formula is C24H26F3N5O3. The van der Waals surface area contributed by atoms with Gasteiger partial charge in [-0.15, -0.1) is 0 Å². The highest BCUT2D eigenvalue weighted by Gasteiger charge is 2.35. The Morgan fingerprint density at radius 3 is 2.57 bits per heavy atom. The highest BCUT2D eigenvalue weighted by Crippen LogP contribution is 2.37. The first-order valence-electron chi connectivity index (χ1n) is 11.0. The van der Waals surface area contributed by atoms with Crippen LogP contribution in [-0.4, -0.2) is 48.0 Å². The molecule has 0 radical (unpaired) electrons. The number of carbonyl (C=O) groups excluding carboxylic acids is 1. The molecule has 0 saturated heterocycles. The first kappa shape index (κ1) is 24.5. The van der Waals surface area contributed by atoms with Crippen molar-refractivity contribution in [3.63, 3.8) is 0 Å². The maximum absolute atomic E-state index is 13.2. The Morgan fingerprint density at radius 1 is 1.26 bits per heavy atom. The molecule has 0 spiro atoms. The fourth-order valence-corrected chi connectivity index (χ4v) is 4.11. The number of benzene rings is 1. The predicted molar refractivity (Wildman–Crippen MR) is 123 cm³/mol. The third kappa shape index (κ3) is 4.68. The third-order valence-corrected chi connectivity index (χ3v) is 6.18. The summed E-state index contributed by atoms with van der Waals surface area (Å²) in [4.78, 5) is 23.0. The minimum atomic E-state index is -4.62. The van der Waals surface area contributed by atoms with Gasteiger partial charge >= 0.3 is 6.18 Å². The van der Waals surface area contributed by atoms with Crippen LogP contribution in [0, 0.1) is 5.92 Å². The van der Waals surface area contributed by atoms with Crippen molar-refractivity contribution in [1.29, 1.82) is 0 Å². The van der Waals surface area contributed by atoms with Gasteiger partial charge in [-0.3, -0.25) is 4.79 Å². The Balaban J connectivity index is 1.63. The summed E-state index contributed by atoms with van der Waals surface area (Å²) in [5.41, 5.74) is 6.16. The van der Waals surface area contributed by atoms with Crippen LogP contribution in [0.1, 0.15) is 34.8 Å². The fourth-order valence-electron chi connectivity index (χ4n) is 4.11. The van der Waals surface area contributed by atoms with Gasteiger partial charge in [0.1, 0.15) is 17.0 Å². The van der Waals surface area contributed by atoms with Crippen molar-refractivity contribution in [2.45, 2.75) is 31.6 Å². The second-order valence-corrected chi connectivity index (χ2v) is 8.63. The molecule has 1 aliphatic carbocycles. The molecule has 0 bridgehead atoms. The molecule has 0 aliphatic heterocycles. The van der Waals surface area contributed by atoms with Crippen molar-refractivity contribution in [1.82, 2.24) is 20.2 Å². The highest BCUT2D eigenvalue weighted by molar-refractivity contribution is 5.98. The number of methoxy groups -OCH3 is 1. The van der Waals surface area contributed by atoms with Crippen molar-refractivity contribution in [2.75, 3.05) is 21.2 Å². The van der Waals surface area contributed by atoms with Gasteiger partial charge in [0.05, 0.1) is 13.7 Å². The molecule has 1 amide bonds. The topological polar surface area (TPSA) is 107 Å². The Bertz CT molecular complexity index is 1280. The first-order chi connectivity index (χ1) is 16.5. The van der Waals surface area contributed by atoms with Gasteiger partial charge in [-0.1, -0.05) is 6.58 Å². The van der Waals surface area contributed by atoms with Crippen molar-refractivity contribution in [3.8, 4) is 17.2 Å². The van der Waals surface area contributed by atoms with Crippen LogP contribution in [0.3, 0.4) is 0 Å². The number of allylic oxidation sites excluding steroid dienone is 1. The maximum atomic E-state index is 13.2. The zero-order valence-corrected chi connectivity index (χ0v) is 19.6. The Hall–Kier alpha value is -3.60. The van der Waals surface area contributed by atoms with Crippen LogP contribution in [0.5, 0.6) is 5.75 Å². The molecule has 1 saturated carbocycles. The molecule has 3 N–H and O–H groups in total. The molecule has 1 fully saturated rings. The lowest BCUT2D eigenvalue weighted by molar-refractivity contribution is -0.140. The number of aromatic nitrogens is 2. The molecular weight excluding hydrogens is 463 g/mol. The molecule has 11 heteroatoms. The number of nitrogens with one attached hydrogen (secondary N) is 1. The molecule has 3 aromatic rings. The number of hydrogen-bond donors (Lipinski definition) is 2. The van der Waals surface area contributed by atoms with E-state index in [1.54, 1.807) is 6.07 Å². The van der Waals surface area contributed by atoms with E-state index in [-0.39, 0.29) is 41.2 Å². The number of hydrogen-bond acceptors (Lipinski definition) is 7. The lowest BCUT2D eigenvalue weighted by atomic mass is 9.78. The number of oxazole rings is 1. The molecule has 8 nitrogen and oxygen atoms in total. The zero-order valence-electron chi connectivity index (χ0n) is 19.6. The number of amides is 1. The van der Waals surface area contributed by atoms with E-state index in [0.29, 0.717) is 16.9 Å². The number of fused-ring (bicyclic) bond motifs is 1. The van der Waals surface area contributed by atoms with Gasteiger partial charge in [-0.05, 0) is 37.1 Å². The van der Waals surface area contributed by atoms with E-state index in [9.17, 15) is 18.0 Å². The van der Waals surface area contributed by atoms with Crippen molar-refractivity contribution < 1.29 is 27.1 Å². The summed E-state index contributed by atoms with van der Waals surface area (Å²) in [6.07, 6.45) is -3.08. The molecule has 0 unspecified atom stereocenters. The van der Waals surface area contributed by atoms with Gasteiger partial charge in [-0.25, -0.2) is 9.97 Å². The van der Waals surface area contributed by atoms with Crippen LogP contribution in [0.4, 0.5) is 13.2 Å². The number of carbonyl (C=O) groups is 1.